The van der Waals surface area contributed by atoms with Crippen LogP contribution in [0, 0.1) is 11.6 Å². The SMILES string of the molecule is O=C(c1cc(F)cc(-c2ncc(F)cn2)c1)N(CC=Cc1ccccc1)CCO. The summed E-state index contributed by atoms with van der Waals surface area (Å²) in [5, 5.41) is 9.31. The number of benzene rings is 2. The maximum atomic E-state index is 14.1. The van der Waals surface area contributed by atoms with Crippen LogP contribution in [0.4, 0.5) is 8.78 Å². The lowest BCUT2D eigenvalue weighted by atomic mass is 10.1. The number of aliphatic hydroxyl groups excluding tert-OH is 1. The van der Waals surface area contributed by atoms with Crippen molar-refractivity contribution >= 4 is 12.0 Å². The van der Waals surface area contributed by atoms with E-state index in [2.05, 4.69) is 9.97 Å². The topological polar surface area (TPSA) is 66.3 Å². The van der Waals surface area contributed by atoms with E-state index in [1.165, 1.54) is 17.0 Å². The average molecular weight is 395 g/mol. The normalized spacial score (nSPS) is 11.0. The molecule has 0 radical (unpaired) electrons. The summed E-state index contributed by atoms with van der Waals surface area (Å²) >= 11 is 0. The summed E-state index contributed by atoms with van der Waals surface area (Å²) in [6.45, 7) is 0.109. The van der Waals surface area contributed by atoms with Gasteiger partial charge in [-0.05, 0) is 23.8 Å². The van der Waals surface area contributed by atoms with Crippen LogP contribution in [-0.2, 0) is 0 Å². The number of carbonyl (C=O) groups excluding carboxylic acids is 1. The predicted octanol–water partition coefficient (Wildman–Crippen LogP) is 3.57. The predicted molar refractivity (Wildman–Crippen MR) is 106 cm³/mol. The smallest absolute Gasteiger partial charge is 0.254 e. The van der Waals surface area contributed by atoms with Crippen LogP contribution in [-0.4, -0.2) is 45.6 Å². The first-order chi connectivity index (χ1) is 14.1. The van der Waals surface area contributed by atoms with Crippen molar-refractivity contribution in [2.75, 3.05) is 19.7 Å². The summed E-state index contributed by atoms with van der Waals surface area (Å²) < 4.78 is 27.1. The quantitative estimate of drug-likeness (QED) is 0.664. The van der Waals surface area contributed by atoms with Gasteiger partial charge in [0.2, 0.25) is 0 Å². The minimum atomic E-state index is -0.637. The van der Waals surface area contributed by atoms with Gasteiger partial charge in [-0.3, -0.25) is 4.79 Å². The molecule has 0 saturated carbocycles. The van der Waals surface area contributed by atoms with Crippen molar-refractivity contribution in [3.8, 4) is 11.4 Å². The zero-order valence-electron chi connectivity index (χ0n) is 15.5. The first-order valence-corrected chi connectivity index (χ1v) is 8.97. The highest BCUT2D eigenvalue weighted by molar-refractivity contribution is 5.95. The molecule has 0 bridgehead atoms. The third-order valence-corrected chi connectivity index (χ3v) is 4.12. The Kier molecular flexibility index (Phi) is 6.76. The number of nitrogens with zero attached hydrogens (tertiary/aromatic N) is 3. The van der Waals surface area contributed by atoms with Gasteiger partial charge in [-0.15, -0.1) is 0 Å². The Balaban J connectivity index is 1.82. The maximum absolute atomic E-state index is 14.1. The van der Waals surface area contributed by atoms with Crippen molar-refractivity contribution in [1.29, 1.82) is 0 Å². The fraction of sp³-hybridized carbons (Fsp3) is 0.136. The third kappa shape index (κ3) is 5.52. The molecule has 3 rings (SSSR count). The van der Waals surface area contributed by atoms with Gasteiger partial charge in [-0.1, -0.05) is 42.5 Å². The Bertz CT molecular complexity index is 993. The Morgan fingerprint density at radius 3 is 2.45 bits per heavy atom. The van der Waals surface area contributed by atoms with Crippen molar-refractivity contribution in [2.24, 2.45) is 0 Å². The zero-order chi connectivity index (χ0) is 20.6. The minimum absolute atomic E-state index is 0.0921. The molecule has 0 saturated heterocycles. The fourth-order valence-corrected chi connectivity index (χ4v) is 2.76. The number of hydrogen-bond acceptors (Lipinski definition) is 4. The van der Waals surface area contributed by atoms with Crippen LogP contribution in [0.3, 0.4) is 0 Å². The van der Waals surface area contributed by atoms with Crippen molar-refractivity contribution in [3.05, 3.63) is 89.8 Å². The zero-order valence-corrected chi connectivity index (χ0v) is 15.5. The van der Waals surface area contributed by atoms with Crippen LogP contribution in [0.5, 0.6) is 0 Å². The van der Waals surface area contributed by atoms with E-state index in [4.69, 9.17) is 0 Å². The second kappa shape index (κ2) is 9.66. The Hall–Kier alpha value is -3.45. The second-order valence-electron chi connectivity index (χ2n) is 6.24. The molecular weight excluding hydrogens is 376 g/mol. The monoisotopic (exact) mass is 395 g/mol. The molecule has 0 aliphatic rings. The highest BCUT2D eigenvalue weighted by atomic mass is 19.1. The van der Waals surface area contributed by atoms with Crippen molar-refractivity contribution in [3.63, 3.8) is 0 Å². The molecule has 148 valence electrons. The van der Waals surface area contributed by atoms with Gasteiger partial charge in [-0.25, -0.2) is 18.7 Å². The molecule has 1 heterocycles. The lowest BCUT2D eigenvalue weighted by Gasteiger charge is -2.20. The van der Waals surface area contributed by atoms with E-state index < -0.39 is 17.5 Å². The molecule has 29 heavy (non-hydrogen) atoms. The minimum Gasteiger partial charge on any atom is -0.395 e. The number of rotatable bonds is 7. The molecule has 0 unspecified atom stereocenters. The number of aromatic nitrogens is 2. The van der Waals surface area contributed by atoms with Gasteiger partial charge in [0, 0.05) is 24.2 Å². The summed E-state index contributed by atoms with van der Waals surface area (Å²) in [5.74, 6) is -1.58. The molecule has 7 heteroatoms. The van der Waals surface area contributed by atoms with E-state index in [1.54, 1.807) is 6.08 Å². The van der Waals surface area contributed by atoms with Gasteiger partial charge < -0.3 is 10.0 Å². The number of carbonyl (C=O) groups is 1. The molecule has 0 aliphatic heterocycles. The largest absolute Gasteiger partial charge is 0.395 e. The molecule has 0 spiro atoms. The highest BCUT2D eigenvalue weighted by Crippen LogP contribution is 2.20. The average Bonchev–Trinajstić information content (AvgIpc) is 2.73. The number of aliphatic hydroxyl groups is 1. The van der Waals surface area contributed by atoms with Crippen LogP contribution in [0.25, 0.3) is 17.5 Å². The van der Waals surface area contributed by atoms with Gasteiger partial charge in [0.25, 0.3) is 5.91 Å². The van der Waals surface area contributed by atoms with Crippen molar-refractivity contribution in [2.45, 2.75) is 0 Å². The Morgan fingerprint density at radius 1 is 1.03 bits per heavy atom. The van der Waals surface area contributed by atoms with Crippen LogP contribution in [0.15, 0.2) is 67.0 Å². The first kappa shape index (κ1) is 20.3. The van der Waals surface area contributed by atoms with E-state index in [0.717, 1.165) is 24.0 Å². The molecular formula is C22H19F2N3O2. The molecule has 0 atom stereocenters. The molecule has 0 aliphatic carbocycles. The van der Waals surface area contributed by atoms with Crippen molar-refractivity contribution in [1.82, 2.24) is 14.9 Å². The summed E-state index contributed by atoms with van der Waals surface area (Å²) in [7, 11) is 0. The lowest BCUT2D eigenvalue weighted by molar-refractivity contribution is 0.0742. The van der Waals surface area contributed by atoms with E-state index in [0.29, 0.717) is 0 Å². The molecule has 3 aromatic rings. The van der Waals surface area contributed by atoms with E-state index >= 15 is 0 Å². The number of hydrogen-bond donors (Lipinski definition) is 1. The van der Waals surface area contributed by atoms with Gasteiger partial charge >= 0.3 is 0 Å². The molecule has 1 N–H and O–H groups in total. The second-order valence-corrected chi connectivity index (χ2v) is 6.24. The molecule has 2 aromatic carbocycles. The van der Waals surface area contributed by atoms with Gasteiger partial charge in [0.05, 0.1) is 19.0 Å². The highest BCUT2D eigenvalue weighted by Gasteiger charge is 2.17. The van der Waals surface area contributed by atoms with Gasteiger partial charge in [-0.2, -0.15) is 0 Å². The number of amides is 1. The summed E-state index contributed by atoms with van der Waals surface area (Å²) in [6.07, 6.45) is 5.61. The standard InChI is InChI=1S/C22H19F2N3O2/c23-19-12-17(21-25-14-20(24)15-26-21)11-18(13-19)22(29)27(9-10-28)8-4-7-16-5-2-1-3-6-16/h1-7,11-15,28H,8-10H2. The van der Waals surface area contributed by atoms with Crippen LogP contribution in [0.1, 0.15) is 15.9 Å². The third-order valence-electron chi connectivity index (χ3n) is 4.12. The summed E-state index contributed by atoms with van der Waals surface area (Å²) in [5.41, 5.74) is 1.33. The molecule has 1 amide bonds. The van der Waals surface area contributed by atoms with Crippen LogP contribution < -0.4 is 0 Å². The Labute approximate surface area is 167 Å². The molecule has 0 fully saturated rings. The number of halogens is 2. The van der Waals surface area contributed by atoms with E-state index in [1.807, 2.05) is 36.4 Å². The van der Waals surface area contributed by atoms with Crippen LogP contribution >= 0.6 is 0 Å². The van der Waals surface area contributed by atoms with Gasteiger partial charge in [0.15, 0.2) is 11.6 Å². The van der Waals surface area contributed by atoms with Crippen molar-refractivity contribution < 1.29 is 18.7 Å². The lowest BCUT2D eigenvalue weighted by Crippen LogP contribution is -2.33. The first-order valence-electron chi connectivity index (χ1n) is 8.97. The van der Waals surface area contributed by atoms with E-state index in [9.17, 15) is 18.7 Å². The van der Waals surface area contributed by atoms with E-state index in [-0.39, 0.29) is 36.6 Å². The molecule has 1 aromatic heterocycles. The van der Waals surface area contributed by atoms with Crippen LogP contribution in [0.2, 0.25) is 0 Å². The fourth-order valence-electron chi connectivity index (χ4n) is 2.76. The maximum Gasteiger partial charge on any atom is 0.254 e. The van der Waals surface area contributed by atoms with Gasteiger partial charge in [0.1, 0.15) is 5.82 Å². The summed E-state index contributed by atoms with van der Waals surface area (Å²) in [4.78, 5) is 21.9. The molecule has 5 nitrogen and oxygen atoms in total. The summed E-state index contributed by atoms with van der Waals surface area (Å²) in [6, 6.07) is 13.3. The Morgan fingerprint density at radius 2 is 1.76 bits per heavy atom.